The molecule has 2 amide bonds. The summed E-state index contributed by atoms with van der Waals surface area (Å²) in [6.45, 7) is 2.52. The largest absolute Gasteiger partial charge is 0.416 e. The molecule has 1 aliphatic carbocycles. The molecule has 0 spiro atoms. The van der Waals surface area contributed by atoms with Crippen LogP contribution in [0.4, 0.5) is 13.2 Å². The zero-order valence-corrected chi connectivity index (χ0v) is 22.8. The first-order chi connectivity index (χ1) is 19.7. The van der Waals surface area contributed by atoms with Gasteiger partial charge in [-0.05, 0) is 53.9 Å². The first-order valence-electron chi connectivity index (χ1n) is 14.3. The number of fused-ring (bicyclic) bond motifs is 1. The van der Waals surface area contributed by atoms with Crippen molar-refractivity contribution in [1.29, 1.82) is 0 Å². The van der Waals surface area contributed by atoms with Crippen LogP contribution >= 0.6 is 0 Å². The Morgan fingerprint density at radius 2 is 1.59 bits per heavy atom. The molecule has 2 saturated heterocycles. The third kappa shape index (κ3) is 5.37. The van der Waals surface area contributed by atoms with Gasteiger partial charge in [0, 0.05) is 32.2 Å². The van der Waals surface area contributed by atoms with Crippen molar-refractivity contribution in [2.75, 3.05) is 26.2 Å². The van der Waals surface area contributed by atoms with Crippen LogP contribution < -0.4 is 5.32 Å². The van der Waals surface area contributed by atoms with Crippen molar-refractivity contribution >= 4 is 11.8 Å². The van der Waals surface area contributed by atoms with Crippen molar-refractivity contribution in [2.24, 2.45) is 11.8 Å². The quantitative estimate of drug-likeness (QED) is 0.429. The summed E-state index contributed by atoms with van der Waals surface area (Å²) >= 11 is 0. The highest BCUT2D eigenvalue weighted by atomic mass is 19.4. The fourth-order valence-electron chi connectivity index (χ4n) is 7.28. The van der Waals surface area contributed by atoms with Gasteiger partial charge in [0.05, 0.1) is 12.1 Å². The van der Waals surface area contributed by atoms with Crippen molar-refractivity contribution in [3.8, 4) is 0 Å². The maximum atomic E-state index is 14.0. The van der Waals surface area contributed by atoms with Crippen LogP contribution in [0.3, 0.4) is 0 Å². The third-order valence-corrected chi connectivity index (χ3v) is 9.22. The molecule has 3 atom stereocenters. The number of benzene rings is 3. The van der Waals surface area contributed by atoms with Crippen LogP contribution in [-0.2, 0) is 27.7 Å². The molecular formula is C33H34F3N3O2. The average molecular weight is 562 g/mol. The molecule has 6 rings (SSSR count). The second-order valence-corrected chi connectivity index (χ2v) is 11.7. The molecular weight excluding hydrogens is 527 g/mol. The van der Waals surface area contributed by atoms with Gasteiger partial charge in [-0.25, -0.2) is 0 Å². The van der Waals surface area contributed by atoms with Crippen LogP contribution in [0.15, 0.2) is 84.9 Å². The predicted octanol–water partition coefficient (Wildman–Crippen LogP) is 5.25. The van der Waals surface area contributed by atoms with E-state index in [9.17, 15) is 22.8 Å². The van der Waals surface area contributed by atoms with Crippen LogP contribution in [0, 0.1) is 11.8 Å². The van der Waals surface area contributed by atoms with Crippen LogP contribution in [0.1, 0.15) is 41.5 Å². The molecule has 0 aromatic heterocycles. The van der Waals surface area contributed by atoms with Gasteiger partial charge in [0.25, 0.3) is 0 Å². The maximum absolute atomic E-state index is 14.0. The Kier molecular flexibility index (Phi) is 7.36. The Labute approximate surface area is 238 Å². The van der Waals surface area contributed by atoms with Gasteiger partial charge in [-0.3, -0.25) is 14.5 Å². The fourth-order valence-corrected chi connectivity index (χ4v) is 7.28. The highest BCUT2D eigenvalue weighted by molar-refractivity contribution is 5.96. The summed E-state index contributed by atoms with van der Waals surface area (Å²) in [7, 11) is 0. The number of carbonyl (C=O) groups is 2. The van der Waals surface area contributed by atoms with Gasteiger partial charge < -0.3 is 10.2 Å². The Bertz CT molecular complexity index is 1360. The summed E-state index contributed by atoms with van der Waals surface area (Å²) in [4.78, 5) is 31.1. The van der Waals surface area contributed by atoms with Crippen molar-refractivity contribution in [3.05, 3.63) is 107 Å². The lowest BCUT2D eigenvalue weighted by Crippen LogP contribution is -2.47. The minimum Gasteiger partial charge on any atom is -0.351 e. The van der Waals surface area contributed by atoms with E-state index in [1.54, 1.807) is 11.0 Å². The Hall–Kier alpha value is -3.65. The van der Waals surface area contributed by atoms with E-state index in [0.29, 0.717) is 31.0 Å². The van der Waals surface area contributed by atoms with E-state index < -0.39 is 17.2 Å². The molecule has 2 heterocycles. The van der Waals surface area contributed by atoms with Crippen molar-refractivity contribution in [3.63, 3.8) is 0 Å². The number of alkyl halides is 3. The molecule has 214 valence electrons. The van der Waals surface area contributed by atoms with Gasteiger partial charge in [-0.2, -0.15) is 13.2 Å². The highest BCUT2D eigenvalue weighted by Crippen LogP contribution is 2.42. The van der Waals surface area contributed by atoms with Gasteiger partial charge in [-0.1, -0.05) is 78.9 Å². The molecule has 1 saturated carbocycles. The van der Waals surface area contributed by atoms with Crippen LogP contribution in [0.2, 0.25) is 0 Å². The number of hydrogen-bond acceptors (Lipinski definition) is 3. The molecule has 0 bridgehead atoms. The van der Waals surface area contributed by atoms with Gasteiger partial charge >= 0.3 is 6.18 Å². The number of nitrogens with one attached hydrogen (secondary N) is 1. The number of halogens is 3. The maximum Gasteiger partial charge on any atom is 0.416 e. The second-order valence-electron chi connectivity index (χ2n) is 11.7. The average Bonchev–Trinajstić information content (AvgIpc) is 3.64. The molecule has 2 aliphatic heterocycles. The van der Waals surface area contributed by atoms with E-state index in [-0.39, 0.29) is 30.3 Å². The number of likely N-dealkylation sites (tertiary alicyclic amines) is 2. The van der Waals surface area contributed by atoms with Gasteiger partial charge in [-0.15, -0.1) is 0 Å². The Morgan fingerprint density at radius 3 is 2.24 bits per heavy atom. The number of nitrogens with zero attached hydrogens (tertiary/aromatic N) is 2. The zero-order chi connectivity index (χ0) is 28.6. The van der Waals surface area contributed by atoms with E-state index in [4.69, 9.17) is 0 Å². The van der Waals surface area contributed by atoms with Gasteiger partial charge in [0.1, 0.15) is 5.41 Å². The van der Waals surface area contributed by atoms with Crippen molar-refractivity contribution in [1.82, 2.24) is 15.1 Å². The monoisotopic (exact) mass is 561 g/mol. The summed E-state index contributed by atoms with van der Waals surface area (Å²) in [5.41, 5.74) is 1.08. The van der Waals surface area contributed by atoms with E-state index in [1.807, 2.05) is 60.7 Å². The SMILES string of the molecule is O=C(CN1CCC(c2ccccc2)(c2ccccc2)C1=O)NC1CCC2CN(Cc3cccc(C(F)(F)F)c3)CC21. The first-order valence-corrected chi connectivity index (χ1v) is 14.3. The van der Waals surface area contributed by atoms with E-state index in [0.717, 1.165) is 43.1 Å². The van der Waals surface area contributed by atoms with Gasteiger partial charge in [0.15, 0.2) is 0 Å². The summed E-state index contributed by atoms with van der Waals surface area (Å²) < 4.78 is 39.4. The van der Waals surface area contributed by atoms with E-state index in [1.165, 1.54) is 12.1 Å². The lowest BCUT2D eigenvalue weighted by molar-refractivity contribution is -0.137. The van der Waals surface area contributed by atoms with E-state index >= 15 is 0 Å². The Morgan fingerprint density at radius 1 is 0.902 bits per heavy atom. The number of carbonyl (C=O) groups excluding carboxylic acids is 2. The lowest BCUT2D eigenvalue weighted by Gasteiger charge is -2.29. The fraction of sp³-hybridized carbons (Fsp3) is 0.394. The van der Waals surface area contributed by atoms with Crippen molar-refractivity contribution in [2.45, 2.75) is 43.4 Å². The number of rotatable bonds is 7. The van der Waals surface area contributed by atoms with Crippen molar-refractivity contribution < 1.29 is 22.8 Å². The molecule has 41 heavy (non-hydrogen) atoms. The summed E-state index contributed by atoms with van der Waals surface area (Å²) in [6.07, 6.45) is -1.90. The number of hydrogen-bond donors (Lipinski definition) is 1. The molecule has 3 fully saturated rings. The molecule has 3 aromatic rings. The standard InChI is InChI=1S/C33H34F3N3O2/c34-33(35,36)27-13-7-8-23(18-27)19-38-20-24-14-15-29(28(24)21-38)37-30(40)22-39-17-16-32(31(39)41,25-9-3-1-4-10-25)26-11-5-2-6-12-26/h1-13,18,24,28-29H,14-17,19-22H2,(H,37,40). The predicted molar refractivity (Wildman–Crippen MR) is 150 cm³/mol. The minimum atomic E-state index is -4.36. The summed E-state index contributed by atoms with van der Waals surface area (Å²) in [5.74, 6) is 0.454. The second kappa shape index (κ2) is 11.0. The lowest BCUT2D eigenvalue weighted by atomic mass is 9.73. The van der Waals surface area contributed by atoms with Crippen LogP contribution in [0.5, 0.6) is 0 Å². The van der Waals surface area contributed by atoms with Gasteiger partial charge in [0.2, 0.25) is 11.8 Å². The first kappa shape index (κ1) is 27.5. The third-order valence-electron chi connectivity index (χ3n) is 9.22. The highest BCUT2D eigenvalue weighted by Gasteiger charge is 2.50. The summed E-state index contributed by atoms with van der Waals surface area (Å²) in [5, 5.41) is 3.21. The minimum absolute atomic E-state index is 0.00437. The molecule has 3 unspecified atom stereocenters. The molecule has 1 N–H and O–H groups in total. The molecule has 3 aliphatic rings. The van der Waals surface area contributed by atoms with Crippen LogP contribution in [0.25, 0.3) is 0 Å². The molecule has 5 nitrogen and oxygen atoms in total. The zero-order valence-electron chi connectivity index (χ0n) is 22.8. The molecule has 0 radical (unpaired) electrons. The van der Waals surface area contributed by atoms with E-state index in [2.05, 4.69) is 10.2 Å². The summed E-state index contributed by atoms with van der Waals surface area (Å²) in [6, 6.07) is 25.1. The Balaban J connectivity index is 1.09. The molecule has 3 aromatic carbocycles. The number of amides is 2. The molecule has 8 heteroatoms. The smallest absolute Gasteiger partial charge is 0.351 e. The normalized spacial score (nSPS) is 24.0. The topological polar surface area (TPSA) is 52.7 Å². The van der Waals surface area contributed by atoms with Crippen LogP contribution in [-0.4, -0.2) is 53.8 Å².